The van der Waals surface area contributed by atoms with E-state index < -0.39 is 0 Å². The Hall–Kier alpha value is -1.35. The second-order valence-electron chi connectivity index (χ2n) is 3.59. The van der Waals surface area contributed by atoms with E-state index in [1.165, 1.54) is 0 Å². The van der Waals surface area contributed by atoms with Crippen molar-refractivity contribution in [2.24, 2.45) is 0 Å². The second kappa shape index (κ2) is 3.80. The van der Waals surface area contributed by atoms with Gasteiger partial charge in [0.15, 0.2) is 0 Å². The first-order valence-electron chi connectivity index (χ1n) is 4.86. The van der Waals surface area contributed by atoms with Crippen molar-refractivity contribution in [3.63, 3.8) is 0 Å². The summed E-state index contributed by atoms with van der Waals surface area (Å²) >= 11 is 0. The number of aryl methyl sites for hydroxylation is 1. The molecular formula is C11H14N2O. The van der Waals surface area contributed by atoms with Gasteiger partial charge in [0, 0.05) is 12.4 Å². The molecule has 74 valence electrons. The summed E-state index contributed by atoms with van der Waals surface area (Å²) in [6.45, 7) is 1.80. The highest BCUT2D eigenvalue weighted by Crippen LogP contribution is 2.07. The highest BCUT2D eigenvalue weighted by Gasteiger charge is 2.02. The highest BCUT2D eigenvalue weighted by molar-refractivity contribution is 5.39. The Kier molecular flexibility index (Phi) is 2.50. The average molecular weight is 190 g/mol. The first-order valence-corrected chi connectivity index (χ1v) is 4.86. The van der Waals surface area contributed by atoms with Gasteiger partial charge in [-0.3, -0.25) is 0 Å². The SMILES string of the molecule is C[C@@H](O)CCc1cn2ccccc2n1. The summed E-state index contributed by atoms with van der Waals surface area (Å²) in [5, 5.41) is 9.15. The largest absolute Gasteiger partial charge is 0.393 e. The maximum atomic E-state index is 9.15. The van der Waals surface area contributed by atoms with Crippen LogP contribution in [0.25, 0.3) is 5.65 Å². The van der Waals surface area contributed by atoms with Crippen molar-refractivity contribution in [3.8, 4) is 0 Å². The summed E-state index contributed by atoms with van der Waals surface area (Å²) in [4.78, 5) is 4.44. The molecule has 2 aromatic heterocycles. The number of nitrogens with zero attached hydrogens (tertiary/aromatic N) is 2. The van der Waals surface area contributed by atoms with E-state index >= 15 is 0 Å². The molecule has 0 aromatic carbocycles. The van der Waals surface area contributed by atoms with Crippen LogP contribution in [0.4, 0.5) is 0 Å². The van der Waals surface area contributed by atoms with Crippen molar-refractivity contribution in [3.05, 3.63) is 36.3 Å². The topological polar surface area (TPSA) is 37.5 Å². The van der Waals surface area contributed by atoms with Crippen LogP contribution in [0.2, 0.25) is 0 Å². The summed E-state index contributed by atoms with van der Waals surface area (Å²) in [7, 11) is 0. The molecule has 0 aliphatic heterocycles. The van der Waals surface area contributed by atoms with Gasteiger partial charge in [-0.05, 0) is 31.9 Å². The molecular weight excluding hydrogens is 176 g/mol. The maximum Gasteiger partial charge on any atom is 0.136 e. The predicted molar refractivity (Wildman–Crippen MR) is 55.2 cm³/mol. The van der Waals surface area contributed by atoms with Crippen LogP contribution in [-0.4, -0.2) is 20.6 Å². The van der Waals surface area contributed by atoms with Crippen LogP contribution >= 0.6 is 0 Å². The van der Waals surface area contributed by atoms with Crippen LogP contribution in [0.3, 0.4) is 0 Å². The molecule has 0 unspecified atom stereocenters. The fourth-order valence-corrected chi connectivity index (χ4v) is 1.46. The molecule has 0 radical (unpaired) electrons. The fourth-order valence-electron chi connectivity index (χ4n) is 1.46. The van der Waals surface area contributed by atoms with Gasteiger partial charge < -0.3 is 9.51 Å². The van der Waals surface area contributed by atoms with Crippen LogP contribution in [0.5, 0.6) is 0 Å². The zero-order chi connectivity index (χ0) is 9.97. The third-order valence-corrected chi connectivity index (χ3v) is 2.23. The van der Waals surface area contributed by atoms with Crippen LogP contribution in [0.15, 0.2) is 30.6 Å². The predicted octanol–water partition coefficient (Wildman–Crippen LogP) is 1.65. The number of fused-ring (bicyclic) bond motifs is 1. The van der Waals surface area contributed by atoms with Crippen LogP contribution in [0.1, 0.15) is 19.0 Å². The Bertz CT molecular complexity index is 387. The highest BCUT2D eigenvalue weighted by atomic mass is 16.3. The van der Waals surface area contributed by atoms with Crippen molar-refractivity contribution in [1.29, 1.82) is 0 Å². The smallest absolute Gasteiger partial charge is 0.136 e. The molecule has 1 N–H and O–H groups in total. The Balaban J connectivity index is 2.19. The second-order valence-corrected chi connectivity index (χ2v) is 3.59. The van der Waals surface area contributed by atoms with Crippen molar-refractivity contribution in [2.45, 2.75) is 25.9 Å². The van der Waals surface area contributed by atoms with Crippen molar-refractivity contribution in [2.75, 3.05) is 0 Å². The third-order valence-electron chi connectivity index (χ3n) is 2.23. The van der Waals surface area contributed by atoms with Crippen molar-refractivity contribution < 1.29 is 5.11 Å². The van der Waals surface area contributed by atoms with E-state index in [9.17, 15) is 0 Å². The van der Waals surface area contributed by atoms with Crippen LogP contribution in [-0.2, 0) is 6.42 Å². The van der Waals surface area contributed by atoms with E-state index in [1.54, 1.807) is 6.92 Å². The van der Waals surface area contributed by atoms with Crippen molar-refractivity contribution in [1.82, 2.24) is 9.38 Å². The molecule has 0 saturated carbocycles. The van der Waals surface area contributed by atoms with Gasteiger partial charge in [0.05, 0.1) is 11.8 Å². The zero-order valence-electron chi connectivity index (χ0n) is 8.22. The number of hydrogen-bond acceptors (Lipinski definition) is 2. The van der Waals surface area contributed by atoms with E-state index in [0.29, 0.717) is 0 Å². The number of imidazole rings is 1. The summed E-state index contributed by atoms with van der Waals surface area (Å²) < 4.78 is 2.00. The molecule has 2 aromatic rings. The van der Waals surface area contributed by atoms with Gasteiger partial charge in [0.1, 0.15) is 5.65 Å². The lowest BCUT2D eigenvalue weighted by Crippen LogP contribution is -2.01. The van der Waals surface area contributed by atoms with Gasteiger partial charge in [0.25, 0.3) is 0 Å². The molecule has 0 amide bonds. The Morgan fingerprint density at radius 3 is 3.07 bits per heavy atom. The van der Waals surface area contributed by atoms with Gasteiger partial charge in [-0.2, -0.15) is 0 Å². The molecule has 1 atom stereocenters. The molecule has 0 saturated heterocycles. The van der Waals surface area contributed by atoms with E-state index in [0.717, 1.165) is 24.2 Å². The van der Waals surface area contributed by atoms with Gasteiger partial charge >= 0.3 is 0 Å². The standard InChI is InChI=1S/C11H14N2O/c1-9(14)5-6-10-8-13-7-3-2-4-11(13)12-10/h2-4,7-9,14H,5-6H2,1H3/t9-/m1/s1. The van der Waals surface area contributed by atoms with Crippen LogP contribution in [0, 0.1) is 0 Å². The first kappa shape index (κ1) is 9.21. The van der Waals surface area contributed by atoms with E-state index in [4.69, 9.17) is 5.11 Å². The lowest BCUT2D eigenvalue weighted by atomic mass is 10.2. The molecule has 0 aliphatic rings. The fraction of sp³-hybridized carbons (Fsp3) is 0.364. The van der Waals surface area contributed by atoms with Crippen molar-refractivity contribution >= 4 is 5.65 Å². The quantitative estimate of drug-likeness (QED) is 0.799. The minimum atomic E-state index is -0.250. The summed E-state index contributed by atoms with van der Waals surface area (Å²) in [6.07, 6.45) is 5.34. The van der Waals surface area contributed by atoms with E-state index in [-0.39, 0.29) is 6.10 Å². The molecule has 2 heterocycles. The molecule has 0 fully saturated rings. The number of hydrogen-bond donors (Lipinski definition) is 1. The summed E-state index contributed by atoms with van der Waals surface area (Å²) in [6, 6.07) is 5.93. The maximum absolute atomic E-state index is 9.15. The molecule has 3 heteroatoms. The molecule has 2 rings (SSSR count). The minimum Gasteiger partial charge on any atom is -0.393 e. The van der Waals surface area contributed by atoms with Gasteiger partial charge in [-0.1, -0.05) is 6.07 Å². The molecule has 0 spiro atoms. The van der Waals surface area contributed by atoms with Gasteiger partial charge in [0.2, 0.25) is 0 Å². The normalized spacial score (nSPS) is 13.3. The van der Waals surface area contributed by atoms with E-state index in [1.807, 2.05) is 35.0 Å². The molecule has 0 bridgehead atoms. The molecule has 3 nitrogen and oxygen atoms in total. The molecule has 0 aliphatic carbocycles. The average Bonchev–Trinajstić information content (AvgIpc) is 2.57. The number of aliphatic hydroxyl groups excluding tert-OH is 1. The minimum absolute atomic E-state index is 0.250. The van der Waals surface area contributed by atoms with Gasteiger partial charge in [-0.15, -0.1) is 0 Å². The number of rotatable bonds is 3. The Morgan fingerprint density at radius 2 is 2.36 bits per heavy atom. The number of pyridine rings is 1. The Morgan fingerprint density at radius 1 is 1.50 bits per heavy atom. The number of aliphatic hydroxyl groups is 1. The molecule has 14 heavy (non-hydrogen) atoms. The van der Waals surface area contributed by atoms with E-state index in [2.05, 4.69) is 4.98 Å². The van der Waals surface area contributed by atoms with Crippen LogP contribution < -0.4 is 0 Å². The zero-order valence-corrected chi connectivity index (χ0v) is 8.22. The monoisotopic (exact) mass is 190 g/mol. The first-order chi connectivity index (χ1) is 6.75. The summed E-state index contributed by atoms with van der Waals surface area (Å²) in [5.74, 6) is 0. The summed E-state index contributed by atoms with van der Waals surface area (Å²) in [5.41, 5.74) is 2.00. The number of aromatic nitrogens is 2. The Labute approximate surface area is 83.0 Å². The lowest BCUT2D eigenvalue weighted by molar-refractivity contribution is 0.184. The third kappa shape index (κ3) is 1.93. The lowest BCUT2D eigenvalue weighted by Gasteiger charge is -1.99. The van der Waals surface area contributed by atoms with Gasteiger partial charge in [-0.25, -0.2) is 4.98 Å².